The molecule has 0 atom stereocenters. The van der Waals surface area contributed by atoms with E-state index in [0.717, 1.165) is 23.1 Å². The van der Waals surface area contributed by atoms with Crippen LogP contribution in [0.3, 0.4) is 0 Å². The predicted molar refractivity (Wildman–Crippen MR) is 94.3 cm³/mol. The molecule has 6 nitrogen and oxygen atoms in total. The van der Waals surface area contributed by atoms with Gasteiger partial charge in [-0.2, -0.15) is 0 Å². The van der Waals surface area contributed by atoms with Gasteiger partial charge in [-0.15, -0.1) is 0 Å². The predicted octanol–water partition coefficient (Wildman–Crippen LogP) is 2.84. The summed E-state index contributed by atoms with van der Waals surface area (Å²) in [5.41, 5.74) is 2.25. The van der Waals surface area contributed by atoms with Crippen molar-refractivity contribution in [2.75, 3.05) is 11.9 Å². The molecule has 1 aliphatic rings. The first-order chi connectivity index (χ1) is 11.6. The van der Waals surface area contributed by atoms with Gasteiger partial charge in [-0.05, 0) is 44.7 Å². The van der Waals surface area contributed by atoms with Gasteiger partial charge in [0, 0.05) is 18.8 Å². The molecule has 1 fully saturated rings. The molecular weight excluding hydrogens is 302 g/mol. The molecule has 3 aromatic rings. The molecule has 6 heteroatoms. The van der Waals surface area contributed by atoms with Crippen molar-refractivity contribution in [3.63, 3.8) is 0 Å². The zero-order valence-electron chi connectivity index (χ0n) is 13.9. The summed E-state index contributed by atoms with van der Waals surface area (Å²) in [5, 5.41) is 7.20. The minimum Gasteiger partial charge on any atom is -0.367 e. The standard InChI is InChI=1S/C18H21N5O/c1-11(2)22-16-15-14(18(24)19-9-12-6-7-12)13-5-3-4-8-23(13)17(15)21-10-20-16/h3-5,8,10-12H,6-7,9H2,1-2H3,(H,19,24)(H,20,21,22). The molecule has 24 heavy (non-hydrogen) atoms. The number of amides is 1. The van der Waals surface area contributed by atoms with Crippen LogP contribution in [0, 0.1) is 5.92 Å². The lowest BCUT2D eigenvalue weighted by molar-refractivity contribution is 0.0955. The summed E-state index contributed by atoms with van der Waals surface area (Å²) in [5.74, 6) is 1.29. The van der Waals surface area contributed by atoms with Crippen LogP contribution in [0.5, 0.6) is 0 Å². The van der Waals surface area contributed by atoms with Gasteiger partial charge >= 0.3 is 0 Å². The summed E-state index contributed by atoms with van der Waals surface area (Å²) in [4.78, 5) is 21.7. The number of hydrogen-bond acceptors (Lipinski definition) is 4. The van der Waals surface area contributed by atoms with Crippen molar-refractivity contribution in [2.24, 2.45) is 5.92 Å². The molecule has 0 aliphatic heterocycles. The van der Waals surface area contributed by atoms with Crippen LogP contribution in [-0.2, 0) is 0 Å². The Morgan fingerprint density at radius 1 is 1.33 bits per heavy atom. The molecule has 0 unspecified atom stereocenters. The largest absolute Gasteiger partial charge is 0.367 e. The van der Waals surface area contributed by atoms with E-state index >= 15 is 0 Å². The summed E-state index contributed by atoms with van der Waals surface area (Å²) in [6.07, 6.45) is 5.89. The molecule has 1 saturated carbocycles. The van der Waals surface area contributed by atoms with Gasteiger partial charge in [-0.25, -0.2) is 9.97 Å². The Morgan fingerprint density at radius 2 is 2.17 bits per heavy atom. The van der Waals surface area contributed by atoms with Gasteiger partial charge in [0.05, 0.1) is 16.5 Å². The summed E-state index contributed by atoms with van der Waals surface area (Å²) in [7, 11) is 0. The van der Waals surface area contributed by atoms with Crippen LogP contribution in [0.15, 0.2) is 30.7 Å². The van der Waals surface area contributed by atoms with E-state index in [0.29, 0.717) is 17.3 Å². The van der Waals surface area contributed by atoms with Crippen LogP contribution in [0.1, 0.15) is 37.0 Å². The average Bonchev–Trinajstić information content (AvgIpc) is 3.33. The Balaban J connectivity index is 1.90. The first kappa shape index (κ1) is 14.9. The molecular formula is C18H21N5O. The average molecular weight is 323 g/mol. The van der Waals surface area contributed by atoms with E-state index in [9.17, 15) is 4.79 Å². The molecule has 2 N–H and O–H groups in total. The van der Waals surface area contributed by atoms with Crippen LogP contribution in [0.4, 0.5) is 5.82 Å². The van der Waals surface area contributed by atoms with Crippen molar-refractivity contribution in [2.45, 2.75) is 32.7 Å². The Kier molecular flexibility index (Phi) is 3.59. The third-order valence-corrected chi connectivity index (χ3v) is 4.32. The SMILES string of the molecule is CC(C)Nc1ncnc2c1c(C(=O)NCC1CC1)c1ccccn12. The highest BCUT2D eigenvalue weighted by molar-refractivity contribution is 6.16. The monoisotopic (exact) mass is 323 g/mol. The second-order valence-corrected chi connectivity index (χ2v) is 6.70. The number of anilines is 1. The fourth-order valence-electron chi connectivity index (χ4n) is 3.01. The summed E-state index contributed by atoms with van der Waals surface area (Å²) in [6, 6.07) is 6.05. The van der Waals surface area contributed by atoms with Gasteiger partial charge in [0.2, 0.25) is 0 Å². The normalized spacial score (nSPS) is 14.5. The first-order valence-corrected chi connectivity index (χ1v) is 8.43. The van der Waals surface area contributed by atoms with Gasteiger partial charge < -0.3 is 15.0 Å². The Bertz CT molecular complexity index is 910. The number of aromatic nitrogens is 3. The highest BCUT2D eigenvalue weighted by Gasteiger charge is 2.25. The highest BCUT2D eigenvalue weighted by Crippen LogP contribution is 2.31. The molecule has 3 aromatic heterocycles. The molecule has 0 radical (unpaired) electrons. The van der Waals surface area contributed by atoms with Crippen molar-refractivity contribution >= 4 is 28.3 Å². The molecule has 0 spiro atoms. The highest BCUT2D eigenvalue weighted by atomic mass is 16.1. The molecule has 124 valence electrons. The maximum absolute atomic E-state index is 12.9. The van der Waals surface area contributed by atoms with E-state index in [-0.39, 0.29) is 11.9 Å². The fraction of sp³-hybridized carbons (Fsp3) is 0.389. The van der Waals surface area contributed by atoms with Crippen molar-refractivity contribution in [3.8, 4) is 0 Å². The Labute approximate surface area is 140 Å². The van der Waals surface area contributed by atoms with Crippen molar-refractivity contribution in [1.82, 2.24) is 19.7 Å². The summed E-state index contributed by atoms with van der Waals surface area (Å²) < 4.78 is 1.95. The van der Waals surface area contributed by atoms with Gasteiger partial charge in [0.25, 0.3) is 5.91 Å². The first-order valence-electron chi connectivity index (χ1n) is 8.43. The van der Waals surface area contributed by atoms with E-state index in [1.165, 1.54) is 12.8 Å². The molecule has 0 saturated heterocycles. The number of nitrogens with one attached hydrogen (secondary N) is 2. The maximum atomic E-state index is 12.9. The van der Waals surface area contributed by atoms with Gasteiger partial charge in [-0.1, -0.05) is 6.07 Å². The van der Waals surface area contributed by atoms with Crippen LogP contribution >= 0.6 is 0 Å². The van der Waals surface area contributed by atoms with E-state index in [1.807, 2.05) is 28.8 Å². The molecule has 0 bridgehead atoms. The van der Waals surface area contributed by atoms with E-state index in [4.69, 9.17) is 0 Å². The third kappa shape index (κ3) is 2.58. The molecule has 1 amide bonds. The lowest BCUT2D eigenvalue weighted by Crippen LogP contribution is -2.25. The smallest absolute Gasteiger partial charge is 0.254 e. The Hall–Kier alpha value is -2.63. The molecule has 1 aliphatic carbocycles. The number of carbonyl (C=O) groups is 1. The summed E-state index contributed by atoms with van der Waals surface area (Å²) >= 11 is 0. The lowest BCUT2D eigenvalue weighted by atomic mass is 10.1. The van der Waals surface area contributed by atoms with Gasteiger partial charge in [0.15, 0.2) is 5.65 Å². The second-order valence-electron chi connectivity index (χ2n) is 6.70. The van der Waals surface area contributed by atoms with Crippen LogP contribution in [-0.4, -0.2) is 32.9 Å². The number of rotatable bonds is 5. The fourth-order valence-corrected chi connectivity index (χ4v) is 3.01. The lowest BCUT2D eigenvalue weighted by Gasteiger charge is -2.11. The van der Waals surface area contributed by atoms with Gasteiger partial charge in [0.1, 0.15) is 12.1 Å². The number of pyridine rings is 1. The number of nitrogens with zero attached hydrogens (tertiary/aromatic N) is 3. The number of carbonyl (C=O) groups excluding carboxylic acids is 1. The third-order valence-electron chi connectivity index (χ3n) is 4.32. The van der Waals surface area contributed by atoms with Gasteiger partial charge in [-0.3, -0.25) is 4.79 Å². The quantitative estimate of drug-likeness (QED) is 0.757. The minimum atomic E-state index is -0.0535. The number of fused-ring (bicyclic) bond motifs is 3. The van der Waals surface area contributed by atoms with E-state index in [1.54, 1.807) is 6.33 Å². The number of hydrogen-bond donors (Lipinski definition) is 2. The van der Waals surface area contributed by atoms with Crippen LogP contribution < -0.4 is 10.6 Å². The second kappa shape index (κ2) is 5.78. The van der Waals surface area contributed by atoms with Crippen LogP contribution in [0.25, 0.3) is 16.6 Å². The minimum absolute atomic E-state index is 0.0535. The Morgan fingerprint density at radius 3 is 2.92 bits per heavy atom. The van der Waals surface area contributed by atoms with Crippen molar-refractivity contribution in [3.05, 3.63) is 36.3 Å². The maximum Gasteiger partial charge on any atom is 0.254 e. The van der Waals surface area contributed by atoms with Crippen molar-refractivity contribution < 1.29 is 4.79 Å². The zero-order chi connectivity index (χ0) is 16.7. The summed E-state index contributed by atoms with van der Waals surface area (Å²) in [6.45, 7) is 4.85. The van der Waals surface area contributed by atoms with Crippen LogP contribution in [0.2, 0.25) is 0 Å². The van der Waals surface area contributed by atoms with E-state index in [2.05, 4.69) is 34.4 Å². The zero-order valence-corrected chi connectivity index (χ0v) is 13.9. The molecule has 0 aromatic carbocycles. The molecule has 4 rings (SSSR count). The van der Waals surface area contributed by atoms with E-state index < -0.39 is 0 Å². The molecule has 3 heterocycles. The topological polar surface area (TPSA) is 71.3 Å². The van der Waals surface area contributed by atoms with Crippen molar-refractivity contribution in [1.29, 1.82) is 0 Å².